The smallest absolute Gasteiger partial charge is 0.352 e. The zero-order valence-corrected chi connectivity index (χ0v) is 12.0. The van der Waals surface area contributed by atoms with Crippen LogP contribution in [0.3, 0.4) is 0 Å². The van der Waals surface area contributed by atoms with Crippen molar-refractivity contribution in [2.24, 2.45) is 5.41 Å². The van der Waals surface area contributed by atoms with Crippen LogP contribution in [0.25, 0.3) is 10.9 Å². The third kappa shape index (κ3) is 2.94. The Morgan fingerprint density at radius 3 is 2.48 bits per heavy atom. The largest absolute Gasteiger partial charge is 0.477 e. The number of carbonyl (C=O) groups is 2. The molecule has 1 amide bonds. The molecular formula is C15H16N2O4. The summed E-state index contributed by atoms with van der Waals surface area (Å²) in [6, 6.07) is 5.86. The number of amides is 1. The Hall–Kier alpha value is -2.63. The molecule has 0 aliphatic rings. The molecule has 1 heterocycles. The van der Waals surface area contributed by atoms with E-state index in [4.69, 9.17) is 5.11 Å². The molecule has 21 heavy (non-hydrogen) atoms. The minimum absolute atomic E-state index is 0.218. The van der Waals surface area contributed by atoms with Crippen LogP contribution in [0, 0.1) is 5.41 Å². The van der Waals surface area contributed by atoms with Crippen LogP contribution >= 0.6 is 0 Å². The Morgan fingerprint density at radius 2 is 1.90 bits per heavy atom. The number of fused-ring (bicyclic) bond motifs is 1. The Balaban J connectivity index is 2.62. The first-order chi connectivity index (χ1) is 9.70. The summed E-state index contributed by atoms with van der Waals surface area (Å²) < 4.78 is 0. The van der Waals surface area contributed by atoms with Crippen LogP contribution in [0.2, 0.25) is 0 Å². The molecule has 0 atom stereocenters. The Morgan fingerprint density at radius 1 is 1.24 bits per heavy atom. The van der Waals surface area contributed by atoms with Crippen molar-refractivity contribution in [1.29, 1.82) is 0 Å². The van der Waals surface area contributed by atoms with Gasteiger partial charge in [0.05, 0.1) is 11.2 Å². The number of aromatic nitrogens is 1. The van der Waals surface area contributed by atoms with E-state index in [1.54, 1.807) is 39.0 Å². The summed E-state index contributed by atoms with van der Waals surface area (Å²) in [4.78, 5) is 37.7. The Bertz CT molecular complexity index is 784. The van der Waals surface area contributed by atoms with Gasteiger partial charge in [-0.2, -0.15) is 0 Å². The minimum atomic E-state index is -1.23. The number of benzene rings is 1. The standard InChI is InChI=1S/C15H16N2O4/c1-15(2,3)14(21)17-9-6-4-5-8-11(18)7-10(13(19)20)16-12(8)9/h4-7H,1-3H3,(H,16,18)(H,17,21)(H,19,20). The number of rotatable bonds is 2. The number of aromatic carboxylic acids is 1. The molecule has 1 aromatic carbocycles. The van der Waals surface area contributed by atoms with Gasteiger partial charge in [0.15, 0.2) is 5.43 Å². The Kier molecular flexibility index (Phi) is 3.55. The highest BCUT2D eigenvalue weighted by Gasteiger charge is 2.22. The lowest BCUT2D eigenvalue weighted by molar-refractivity contribution is -0.123. The number of nitrogens with one attached hydrogen (secondary N) is 2. The van der Waals surface area contributed by atoms with Gasteiger partial charge < -0.3 is 15.4 Å². The maximum Gasteiger partial charge on any atom is 0.352 e. The molecule has 0 aliphatic heterocycles. The van der Waals surface area contributed by atoms with E-state index in [-0.39, 0.29) is 11.6 Å². The summed E-state index contributed by atoms with van der Waals surface area (Å²) in [5.41, 5.74) is -0.544. The van der Waals surface area contributed by atoms with Gasteiger partial charge in [0.1, 0.15) is 5.69 Å². The van der Waals surface area contributed by atoms with Crippen LogP contribution in [0.4, 0.5) is 5.69 Å². The monoisotopic (exact) mass is 288 g/mol. The van der Waals surface area contributed by atoms with Crippen molar-refractivity contribution in [1.82, 2.24) is 4.98 Å². The first kappa shape index (κ1) is 14.8. The summed E-state index contributed by atoms with van der Waals surface area (Å²) in [6.45, 7) is 5.29. The molecule has 0 fully saturated rings. The molecule has 0 bridgehead atoms. The SMILES string of the molecule is CC(C)(C)C(=O)Nc1cccc2c(=O)cc(C(=O)O)[nH]c12. The fourth-order valence-corrected chi connectivity index (χ4v) is 1.80. The lowest BCUT2D eigenvalue weighted by Gasteiger charge is -2.18. The first-order valence-corrected chi connectivity index (χ1v) is 6.41. The Labute approximate surface area is 120 Å². The number of carboxylic acids is 1. The number of hydrogen-bond acceptors (Lipinski definition) is 3. The molecule has 0 aliphatic carbocycles. The van der Waals surface area contributed by atoms with E-state index in [2.05, 4.69) is 10.3 Å². The van der Waals surface area contributed by atoms with Crippen molar-refractivity contribution >= 4 is 28.5 Å². The van der Waals surface area contributed by atoms with Gasteiger partial charge in [-0.3, -0.25) is 9.59 Å². The third-order valence-electron chi connectivity index (χ3n) is 3.02. The van der Waals surface area contributed by atoms with Gasteiger partial charge in [-0.25, -0.2) is 4.79 Å². The molecular weight excluding hydrogens is 272 g/mol. The summed E-state index contributed by atoms with van der Waals surface area (Å²) in [5.74, 6) is -1.46. The quantitative estimate of drug-likeness (QED) is 0.788. The number of H-pyrrole nitrogens is 1. The van der Waals surface area contributed by atoms with E-state index in [0.29, 0.717) is 16.6 Å². The lowest BCUT2D eigenvalue weighted by atomic mass is 9.95. The van der Waals surface area contributed by atoms with Gasteiger partial charge in [-0.1, -0.05) is 26.8 Å². The van der Waals surface area contributed by atoms with Gasteiger partial charge in [-0.15, -0.1) is 0 Å². The number of aromatic amines is 1. The number of pyridine rings is 1. The highest BCUT2D eigenvalue weighted by Crippen LogP contribution is 2.22. The van der Waals surface area contributed by atoms with Crippen LogP contribution in [0.15, 0.2) is 29.1 Å². The molecule has 0 saturated heterocycles. The third-order valence-corrected chi connectivity index (χ3v) is 3.02. The van der Waals surface area contributed by atoms with Crippen LogP contribution in [-0.2, 0) is 4.79 Å². The average molecular weight is 288 g/mol. The molecule has 0 radical (unpaired) electrons. The number of para-hydroxylation sites is 1. The van der Waals surface area contributed by atoms with Crippen molar-refractivity contribution in [3.63, 3.8) is 0 Å². The maximum absolute atomic E-state index is 12.1. The fraction of sp³-hybridized carbons (Fsp3) is 0.267. The summed E-state index contributed by atoms with van der Waals surface area (Å²) >= 11 is 0. The number of hydrogen-bond donors (Lipinski definition) is 3. The van der Waals surface area contributed by atoms with Crippen molar-refractivity contribution in [2.75, 3.05) is 5.32 Å². The molecule has 6 nitrogen and oxygen atoms in total. The minimum Gasteiger partial charge on any atom is -0.477 e. The second kappa shape index (κ2) is 5.05. The molecule has 6 heteroatoms. The summed E-state index contributed by atoms with van der Waals surface area (Å²) in [5, 5.41) is 12.1. The topological polar surface area (TPSA) is 99.3 Å². The van der Waals surface area contributed by atoms with E-state index in [1.807, 2.05) is 0 Å². The van der Waals surface area contributed by atoms with E-state index in [9.17, 15) is 14.4 Å². The number of carbonyl (C=O) groups excluding carboxylic acids is 1. The molecule has 1 aromatic heterocycles. The van der Waals surface area contributed by atoms with Crippen molar-refractivity contribution < 1.29 is 14.7 Å². The van der Waals surface area contributed by atoms with Gasteiger partial charge >= 0.3 is 5.97 Å². The molecule has 3 N–H and O–H groups in total. The molecule has 0 spiro atoms. The summed E-state index contributed by atoms with van der Waals surface area (Å²) in [6.07, 6.45) is 0. The van der Waals surface area contributed by atoms with Gasteiger partial charge in [-0.05, 0) is 12.1 Å². The number of carboxylic acid groups (broad SMARTS) is 1. The van der Waals surface area contributed by atoms with Gasteiger partial charge in [0, 0.05) is 16.9 Å². The van der Waals surface area contributed by atoms with Crippen LogP contribution in [0.5, 0.6) is 0 Å². The highest BCUT2D eigenvalue weighted by atomic mass is 16.4. The predicted molar refractivity (Wildman–Crippen MR) is 79.6 cm³/mol. The molecule has 2 rings (SSSR count). The van der Waals surface area contributed by atoms with E-state index < -0.39 is 16.8 Å². The lowest BCUT2D eigenvalue weighted by Crippen LogP contribution is -2.28. The van der Waals surface area contributed by atoms with Crippen LogP contribution in [-0.4, -0.2) is 22.0 Å². The zero-order chi connectivity index (χ0) is 15.8. The molecule has 0 unspecified atom stereocenters. The van der Waals surface area contributed by atoms with E-state index in [1.165, 1.54) is 0 Å². The van der Waals surface area contributed by atoms with Crippen molar-refractivity contribution in [3.05, 3.63) is 40.2 Å². The maximum atomic E-state index is 12.1. The number of anilines is 1. The highest BCUT2D eigenvalue weighted by molar-refractivity contribution is 6.03. The predicted octanol–water partition coefficient (Wildman–Crippen LogP) is 2.21. The molecule has 110 valence electrons. The van der Waals surface area contributed by atoms with Gasteiger partial charge in [0.25, 0.3) is 0 Å². The normalized spacial score (nSPS) is 11.4. The van der Waals surface area contributed by atoms with E-state index >= 15 is 0 Å². The van der Waals surface area contributed by atoms with Gasteiger partial charge in [0.2, 0.25) is 5.91 Å². The summed E-state index contributed by atoms with van der Waals surface area (Å²) in [7, 11) is 0. The second-order valence-electron chi connectivity index (χ2n) is 5.78. The van der Waals surface area contributed by atoms with Crippen LogP contribution in [0.1, 0.15) is 31.3 Å². The fourth-order valence-electron chi connectivity index (χ4n) is 1.80. The second-order valence-corrected chi connectivity index (χ2v) is 5.78. The molecule has 0 saturated carbocycles. The van der Waals surface area contributed by atoms with Crippen molar-refractivity contribution in [2.45, 2.75) is 20.8 Å². The average Bonchev–Trinajstić information content (AvgIpc) is 2.38. The zero-order valence-electron chi connectivity index (χ0n) is 12.0. The van der Waals surface area contributed by atoms with Crippen LogP contribution < -0.4 is 10.7 Å². The van der Waals surface area contributed by atoms with E-state index in [0.717, 1.165) is 6.07 Å². The molecule has 2 aromatic rings. The first-order valence-electron chi connectivity index (χ1n) is 6.41. The van der Waals surface area contributed by atoms with Crippen molar-refractivity contribution in [3.8, 4) is 0 Å².